The highest BCUT2D eigenvalue weighted by molar-refractivity contribution is 6.09. The van der Waals surface area contributed by atoms with Crippen LogP contribution >= 0.6 is 0 Å². The van der Waals surface area contributed by atoms with Gasteiger partial charge >= 0.3 is 30.9 Å². The van der Waals surface area contributed by atoms with E-state index in [-0.39, 0.29) is 61.2 Å². The van der Waals surface area contributed by atoms with Gasteiger partial charge in [-0.1, -0.05) is 60.7 Å². The van der Waals surface area contributed by atoms with Gasteiger partial charge in [-0.15, -0.1) is 0 Å². The number of halogens is 15. The molecule has 0 aliphatic heterocycles. The van der Waals surface area contributed by atoms with Gasteiger partial charge in [0.15, 0.2) is 0 Å². The lowest BCUT2D eigenvalue weighted by atomic mass is 9.75. The summed E-state index contributed by atoms with van der Waals surface area (Å²) in [6.45, 7) is 1.41. The minimum atomic E-state index is -4.85. The van der Waals surface area contributed by atoms with E-state index >= 15 is 0 Å². The molecule has 6 aromatic rings. The standard InChI is InChI=1S/C42H23F15/c1-22-33(23-2-12-28(13-3-23)38(43,44)45)35(25-6-16-30(17-7-25)40(49,50)51)37(27-10-20-32(21-11-27)42(55,56)57)36(26-8-18-31(19-9-26)41(52,53)54)34(22)24-4-14-29(15-5-24)39(46,47)48/h2-21H,1H3. The number of benzene rings is 6. The van der Waals surface area contributed by atoms with Crippen LogP contribution in [0, 0.1) is 6.92 Å². The van der Waals surface area contributed by atoms with Gasteiger partial charge in [-0.2, -0.15) is 65.9 Å². The van der Waals surface area contributed by atoms with Crippen molar-refractivity contribution >= 4 is 0 Å². The van der Waals surface area contributed by atoms with Crippen LogP contribution in [0.5, 0.6) is 0 Å². The summed E-state index contributed by atoms with van der Waals surface area (Å²) in [5.74, 6) is 0. The first kappa shape index (κ1) is 40.9. The van der Waals surface area contributed by atoms with E-state index in [0.29, 0.717) is 60.7 Å². The third-order valence-electron chi connectivity index (χ3n) is 9.25. The second-order valence-corrected chi connectivity index (χ2v) is 12.9. The first-order valence-electron chi connectivity index (χ1n) is 16.4. The second kappa shape index (κ2) is 14.3. The Kier molecular flexibility index (Phi) is 10.3. The molecule has 0 N–H and O–H groups in total. The van der Waals surface area contributed by atoms with Crippen molar-refractivity contribution in [3.8, 4) is 55.6 Å². The third-order valence-corrected chi connectivity index (χ3v) is 9.25. The van der Waals surface area contributed by atoms with Crippen molar-refractivity contribution in [3.05, 3.63) is 155 Å². The number of hydrogen-bond donors (Lipinski definition) is 0. The molecule has 0 saturated carbocycles. The Morgan fingerprint density at radius 1 is 0.228 bits per heavy atom. The molecule has 0 saturated heterocycles. The largest absolute Gasteiger partial charge is 0.416 e. The summed E-state index contributed by atoms with van der Waals surface area (Å²) in [4.78, 5) is 0. The van der Waals surface area contributed by atoms with Crippen molar-refractivity contribution in [2.75, 3.05) is 0 Å². The average molecular weight is 813 g/mol. The smallest absolute Gasteiger partial charge is 0.166 e. The molecule has 0 radical (unpaired) electrons. The van der Waals surface area contributed by atoms with E-state index in [1.807, 2.05) is 0 Å². The molecule has 296 valence electrons. The molecule has 0 aliphatic rings. The summed E-state index contributed by atoms with van der Waals surface area (Å²) >= 11 is 0. The van der Waals surface area contributed by atoms with Gasteiger partial charge in [-0.25, -0.2) is 0 Å². The maximum Gasteiger partial charge on any atom is 0.416 e. The highest BCUT2D eigenvalue weighted by Gasteiger charge is 2.36. The van der Waals surface area contributed by atoms with Gasteiger partial charge in [-0.05, 0) is 129 Å². The Bertz CT molecular complexity index is 2230. The van der Waals surface area contributed by atoms with Crippen LogP contribution in [0.3, 0.4) is 0 Å². The molecule has 0 aliphatic carbocycles. The topological polar surface area (TPSA) is 0 Å². The molecular formula is C42H23F15. The minimum absolute atomic E-state index is 0.00990. The third kappa shape index (κ3) is 8.37. The summed E-state index contributed by atoms with van der Waals surface area (Å²) < 4.78 is 206. The van der Waals surface area contributed by atoms with Crippen molar-refractivity contribution in [2.45, 2.75) is 37.8 Å². The molecule has 6 rings (SSSR count). The van der Waals surface area contributed by atoms with Gasteiger partial charge in [0.1, 0.15) is 0 Å². The highest BCUT2D eigenvalue weighted by atomic mass is 19.4. The first-order chi connectivity index (χ1) is 26.4. The van der Waals surface area contributed by atoms with Crippen LogP contribution in [-0.2, 0) is 30.9 Å². The summed E-state index contributed by atoms with van der Waals surface area (Å²) in [6, 6.07) is 17.3. The van der Waals surface area contributed by atoms with Gasteiger partial charge in [0, 0.05) is 0 Å². The van der Waals surface area contributed by atoms with Crippen LogP contribution in [0.2, 0.25) is 0 Å². The lowest BCUT2D eigenvalue weighted by Crippen LogP contribution is -2.07. The van der Waals surface area contributed by atoms with E-state index in [1.165, 1.54) is 6.92 Å². The number of hydrogen-bond acceptors (Lipinski definition) is 0. The summed E-state index contributed by atoms with van der Waals surface area (Å²) in [5.41, 5.74) is -5.72. The van der Waals surface area contributed by atoms with Gasteiger partial charge in [0.25, 0.3) is 0 Å². The van der Waals surface area contributed by atoms with Crippen LogP contribution in [-0.4, -0.2) is 0 Å². The van der Waals surface area contributed by atoms with Crippen LogP contribution < -0.4 is 0 Å². The van der Waals surface area contributed by atoms with Crippen molar-refractivity contribution in [1.82, 2.24) is 0 Å². The van der Waals surface area contributed by atoms with Gasteiger partial charge in [0.2, 0.25) is 0 Å². The first-order valence-corrected chi connectivity index (χ1v) is 16.4. The van der Waals surface area contributed by atoms with Crippen molar-refractivity contribution in [2.24, 2.45) is 0 Å². The predicted molar refractivity (Wildman–Crippen MR) is 183 cm³/mol. The van der Waals surface area contributed by atoms with Crippen molar-refractivity contribution in [3.63, 3.8) is 0 Å². The maximum absolute atomic E-state index is 13.8. The molecule has 0 amide bonds. The van der Waals surface area contributed by atoms with E-state index in [9.17, 15) is 65.9 Å². The molecule has 0 atom stereocenters. The van der Waals surface area contributed by atoms with Gasteiger partial charge in [0.05, 0.1) is 27.8 Å². The Hall–Kier alpha value is -5.73. The number of rotatable bonds is 5. The van der Waals surface area contributed by atoms with Crippen molar-refractivity contribution in [1.29, 1.82) is 0 Å². The van der Waals surface area contributed by atoms with Gasteiger partial charge < -0.3 is 0 Å². The molecular weight excluding hydrogens is 789 g/mol. The Morgan fingerprint density at radius 2 is 0.368 bits per heavy atom. The van der Waals surface area contributed by atoms with Gasteiger partial charge in [-0.3, -0.25) is 0 Å². The minimum Gasteiger partial charge on any atom is -0.166 e. The monoisotopic (exact) mass is 812 g/mol. The zero-order valence-corrected chi connectivity index (χ0v) is 28.7. The molecule has 57 heavy (non-hydrogen) atoms. The summed E-state index contributed by atoms with van der Waals surface area (Å²) in [7, 11) is 0. The maximum atomic E-state index is 13.8. The van der Waals surface area contributed by atoms with Crippen LogP contribution in [0.25, 0.3) is 55.6 Å². The lowest BCUT2D eigenvalue weighted by molar-refractivity contribution is -0.138. The molecule has 0 heterocycles. The molecule has 0 nitrogen and oxygen atoms in total. The molecule has 15 heteroatoms. The summed E-state index contributed by atoms with van der Waals surface area (Å²) in [5, 5.41) is 0. The number of alkyl halides is 15. The van der Waals surface area contributed by atoms with Crippen LogP contribution in [0.1, 0.15) is 33.4 Å². The van der Waals surface area contributed by atoms with Crippen LogP contribution in [0.15, 0.2) is 121 Å². The molecule has 0 aromatic heterocycles. The second-order valence-electron chi connectivity index (χ2n) is 12.9. The molecule has 0 fully saturated rings. The molecule has 0 bridgehead atoms. The Morgan fingerprint density at radius 3 is 0.526 bits per heavy atom. The Labute approximate surface area is 313 Å². The average Bonchev–Trinajstić information content (AvgIpc) is 3.13. The predicted octanol–water partition coefficient (Wildman–Crippen LogP) is 15.4. The lowest BCUT2D eigenvalue weighted by Gasteiger charge is -2.28. The van der Waals surface area contributed by atoms with E-state index in [4.69, 9.17) is 0 Å². The highest BCUT2D eigenvalue weighted by Crippen LogP contribution is 2.53. The molecule has 6 aromatic carbocycles. The van der Waals surface area contributed by atoms with Crippen molar-refractivity contribution < 1.29 is 65.9 Å². The molecule has 0 unspecified atom stereocenters. The van der Waals surface area contributed by atoms with E-state index in [2.05, 4.69) is 0 Å². The van der Waals surface area contributed by atoms with E-state index in [1.54, 1.807) is 0 Å². The normalized spacial score (nSPS) is 12.9. The molecule has 0 spiro atoms. The Balaban J connectivity index is 1.85. The van der Waals surface area contributed by atoms with Crippen LogP contribution in [0.4, 0.5) is 65.9 Å². The summed E-state index contributed by atoms with van der Waals surface area (Å²) in [6.07, 6.45) is -24.1. The zero-order valence-electron chi connectivity index (χ0n) is 28.7. The fourth-order valence-electron chi connectivity index (χ4n) is 6.59. The fraction of sp³-hybridized carbons (Fsp3) is 0.143. The van der Waals surface area contributed by atoms with E-state index in [0.717, 1.165) is 60.7 Å². The quantitative estimate of drug-likeness (QED) is 0.152. The fourth-order valence-corrected chi connectivity index (χ4v) is 6.59. The SMILES string of the molecule is Cc1c(-c2ccc(C(F)(F)F)cc2)c(-c2ccc(C(F)(F)F)cc2)c(-c2ccc(C(F)(F)F)cc2)c(-c2ccc(C(F)(F)F)cc2)c1-c1ccc(C(F)(F)F)cc1. The van der Waals surface area contributed by atoms with E-state index < -0.39 is 58.7 Å². The zero-order chi connectivity index (χ0) is 41.9.